The van der Waals surface area contributed by atoms with Crippen molar-refractivity contribution >= 4 is 18.0 Å². The Bertz CT molecular complexity index is 541. The second kappa shape index (κ2) is 6.21. The molecule has 4 heteroatoms. The first-order chi connectivity index (χ1) is 8.79. The Labute approximate surface area is 111 Å². The molecule has 1 aromatic heterocycles. The van der Waals surface area contributed by atoms with E-state index < -0.39 is 0 Å². The van der Waals surface area contributed by atoms with Crippen molar-refractivity contribution in [3.05, 3.63) is 59.3 Å². The van der Waals surface area contributed by atoms with Crippen molar-refractivity contribution in [1.29, 1.82) is 0 Å². The van der Waals surface area contributed by atoms with Crippen molar-refractivity contribution in [3.63, 3.8) is 0 Å². The van der Waals surface area contributed by atoms with Crippen molar-refractivity contribution < 1.29 is 5.21 Å². The predicted molar refractivity (Wildman–Crippen MR) is 74.4 cm³/mol. The summed E-state index contributed by atoms with van der Waals surface area (Å²) in [6, 6.07) is 12.3. The third kappa shape index (κ3) is 3.34. The van der Waals surface area contributed by atoms with Crippen molar-refractivity contribution in [1.82, 2.24) is 4.98 Å². The summed E-state index contributed by atoms with van der Waals surface area (Å²) in [5.74, 6) is 0.903. The van der Waals surface area contributed by atoms with E-state index in [-0.39, 0.29) is 0 Å². The maximum atomic E-state index is 8.50. The Balaban J connectivity index is 2.04. The van der Waals surface area contributed by atoms with Crippen LogP contribution in [0.15, 0.2) is 52.8 Å². The van der Waals surface area contributed by atoms with Gasteiger partial charge in [0, 0.05) is 17.5 Å². The molecular weight excluding hydrogens is 244 g/mol. The fourth-order valence-corrected chi connectivity index (χ4v) is 2.44. The molecule has 0 bridgehead atoms. The van der Waals surface area contributed by atoms with Crippen LogP contribution in [0.25, 0.3) is 0 Å². The molecular formula is C14H14N2OS. The number of benzene rings is 1. The second-order valence-corrected chi connectivity index (χ2v) is 4.89. The van der Waals surface area contributed by atoms with E-state index in [1.807, 2.05) is 31.2 Å². The van der Waals surface area contributed by atoms with Gasteiger partial charge in [-0.05, 0) is 24.1 Å². The van der Waals surface area contributed by atoms with Gasteiger partial charge in [-0.25, -0.2) is 4.98 Å². The molecule has 18 heavy (non-hydrogen) atoms. The molecule has 0 unspecified atom stereocenters. The monoisotopic (exact) mass is 258 g/mol. The molecule has 2 rings (SSSR count). The molecule has 1 N–H and O–H groups in total. The van der Waals surface area contributed by atoms with Gasteiger partial charge in [-0.2, -0.15) is 0 Å². The zero-order valence-electron chi connectivity index (χ0n) is 10.1. The number of aryl methyl sites for hydroxylation is 1. The number of aromatic nitrogens is 1. The molecule has 0 radical (unpaired) electrons. The van der Waals surface area contributed by atoms with Crippen LogP contribution >= 0.6 is 11.8 Å². The molecule has 1 aromatic carbocycles. The van der Waals surface area contributed by atoms with Gasteiger partial charge in [0.05, 0.1) is 11.2 Å². The summed E-state index contributed by atoms with van der Waals surface area (Å²) in [5, 5.41) is 12.5. The van der Waals surface area contributed by atoms with E-state index in [0.29, 0.717) is 0 Å². The van der Waals surface area contributed by atoms with Gasteiger partial charge in [0.2, 0.25) is 0 Å². The lowest BCUT2D eigenvalue weighted by Crippen LogP contribution is -1.91. The van der Waals surface area contributed by atoms with Gasteiger partial charge in [-0.15, -0.1) is 11.8 Å². The van der Waals surface area contributed by atoms with Gasteiger partial charge in [-0.1, -0.05) is 35.5 Å². The molecule has 0 saturated carbocycles. The number of thioether (sulfide) groups is 1. The fourth-order valence-electron chi connectivity index (χ4n) is 1.55. The van der Waals surface area contributed by atoms with Gasteiger partial charge >= 0.3 is 0 Å². The predicted octanol–water partition coefficient (Wildman–Crippen LogP) is 3.49. The van der Waals surface area contributed by atoms with Crippen LogP contribution in [0, 0.1) is 6.92 Å². The van der Waals surface area contributed by atoms with Crippen LogP contribution in [0.1, 0.15) is 16.7 Å². The van der Waals surface area contributed by atoms with Crippen LogP contribution in [0.4, 0.5) is 0 Å². The average Bonchev–Trinajstić information content (AvgIpc) is 2.41. The average molecular weight is 258 g/mol. The standard InChI is InChI=1S/C14H14N2OS/c1-11-7-14(15-8-13(11)9-16-17)18-10-12-5-3-2-4-6-12/h2-9,17H,10H2,1H3/b16-9+. The summed E-state index contributed by atoms with van der Waals surface area (Å²) in [5.41, 5.74) is 3.17. The number of nitrogens with zero attached hydrogens (tertiary/aromatic N) is 2. The highest BCUT2D eigenvalue weighted by Crippen LogP contribution is 2.22. The Morgan fingerprint density at radius 1 is 1.33 bits per heavy atom. The Morgan fingerprint density at radius 3 is 2.78 bits per heavy atom. The topological polar surface area (TPSA) is 45.5 Å². The molecule has 0 fully saturated rings. The summed E-state index contributed by atoms with van der Waals surface area (Å²) < 4.78 is 0. The van der Waals surface area contributed by atoms with Crippen molar-refractivity contribution in [3.8, 4) is 0 Å². The number of pyridine rings is 1. The first-order valence-corrected chi connectivity index (χ1v) is 6.59. The summed E-state index contributed by atoms with van der Waals surface area (Å²) >= 11 is 1.70. The van der Waals surface area contributed by atoms with E-state index in [9.17, 15) is 0 Å². The quantitative estimate of drug-likeness (QED) is 0.395. The van der Waals surface area contributed by atoms with E-state index in [2.05, 4.69) is 22.3 Å². The van der Waals surface area contributed by atoms with Crippen LogP contribution in [0.5, 0.6) is 0 Å². The van der Waals surface area contributed by atoms with Gasteiger partial charge in [0.15, 0.2) is 0 Å². The molecule has 0 aliphatic heterocycles. The lowest BCUT2D eigenvalue weighted by molar-refractivity contribution is 0.322. The van der Waals surface area contributed by atoms with Gasteiger partial charge in [0.1, 0.15) is 0 Å². The highest BCUT2D eigenvalue weighted by atomic mass is 32.2. The highest BCUT2D eigenvalue weighted by Gasteiger charge is 2.01. The summed E-state index contributed by atoms with van der Waals surface area (Å²) in [6.07, 6.45) is 3.12. The summed E-state index contributed by atoms with van der Waals surface area (Å²) in [6.45, 7) is 1.98. The Morgan fingerprint density at radius 2 is 2.11 bits per heavy atom. The minimum atomic E-state index is 0.835. The fraction of sp³-hybridized carbons (Fsp3) is 0.143. The molecule has 0 aliphatic carbocycles. The van der Waals surface area contributed by atoms with E-state index >= 15 is 0 Å². The number of hydrogen-bond donors (Lipinski definition) is 1. The lowest BCUT2D eigenvalue weighted by Gasteiger charge is -2.04. The second-order valence-electron chi connectivity index (χ2n) is 3.90. The number of rotatable bonds is 4. The molecule has 0 aliphatic rings. The van der Waals surface area contributed by atoms with Crippen LogP contribution in [-0.4, -0.2) is 16.4 Å². The first-order valence-electron chi connectivity index (χ1n) is 5.60. The van der Waals surface area contributed by atoms with Crippen molar-refractivity contribution in [2.75, 3.05) is 0 Å². The molecule has 0 spiro atoms. The van der Waals surface area contributed by atoms with Crippen LogP contribution in [-0.2, 0) is 5.75 Å². The Kier molecular flexibility index (Phi) is 4.36. The van der Waals surface area contributed by atoms with Gasteiger partial charge in [-0.3, -0.25) is 0 Å². The maximum Gasteiger partial charge on any atom is 0.0966 e. The minimum Gasteiger partial charge on any atom is -0.411 e. The first kappa shape index (κ1) is 12.6. The maximum absolute atomic E-state index is 8.50. The third-order valence-corrected chi connectivity index (χ3v) is 3.55. The van der Waals surface area contributed by atoms with Gasteiger partial charge in [0.25, 0.3) is 0 Å². The van der Waals surface area contributed by atoms with Crippen LogP contribution < -0.4 is 0 Å². The summed E-state index contributed by atoms with van der Waals surface area (Å²) in [4.78, 5) is 4.33. The molecule has 0 atom stereocenters. The molecule has 1 heterocycles. The minimum absolute atomic E-state index is 0.835. The van der Waals surface area contributed by atoms with Crippen LogP contribution in [0.2, 0.25) is 0 Å². The SMILES string of the molecule is Cc1cc(SCc2ccccc2)ncc1/C=N/O. The van der Waals surface area contributed by atoms with Crippen molar-refractivity contribution in [2.24, 2.45) is 5.16 Å². The van der Waals surface area contributed by atoms with Crippen LogP contribution in [0.3, 0.4) is 0 Å². The van der Waals surface area contributed by atoms with E-state index in [1.54, 1.807) is 18.0 Å². The lowest BCUT2D eigenvalue weighted by atomic mass is 10.2. The van der Waals surface area contributed by atoms with Gasteiger partial charge < -0.3 is 5.21 Å². The van der Waals surface area contributed by atoms with E-state index in [4.69, 9.17) is 5.21 Å². The zero-order valence-corrected chi connectivity index (χ0v) is 10.9. The summed E-state index contributed by atoms with van der Waals surface area (Å²) in [7, 11) is 0. The zero-order chi connectivity index (χ0) is 12.8. The molecule has 3 nitrogen and oxygen atoms in total. The molecule has 0 saturated heterocycles. The highest BCUT2D eigenvalue weighted by molar-refractivity contribution is 7.98. The molecule has 2 aromatic rings. The Hall–Kier alpha value is -1.81. The third-order valence-electron chi connectivity index (χ3n) is 2.55. The van der Waals surface area contributed by atoms with E-state index in [1.165, 1.54) is 11.8 Å². The normalized spacial score (nSPS) is 10.9. The largest absolute Gasteiger partial charge is 0.411 e. The van der Waals surface area contributed by atoms with Crippen molar-refractivity contribution in [2.45, 2.75) is 17.7 Å². The smallest absolute Gasteiger partial charge is 0.0966 e. The molecule has 0 amide bonds. The number of hydrogen-bond acceptors (Lipinski definition) is 4. The number of oxime groups is 1. The molecule has 92 valence electrons. The van der Waals surface area contributed by atoms with E-state index in [0.717, 1.165) is 21.9 Å².